The zero-order chi connectivity index (χ0) is 8.53. The highest BCUT2D eigenvalue weighted by molar-refractivity contribution is 9.09. The fourth-order valence-electron chi connectivity index (χ4n) is 0.985. The summed E-state index contributed by atoms with van der Waals surface area (Å²) in [7, 11) is 0. The van der Waals surface area contributed by atoms with Crippen molar-refractivity contribution in [1.29, 1.82) is 0 Å². The van der Waals surface area contributed by atoms with E-state index in [4.69, 9.17) is 0 Å². The molecule has 0 aromatic carbocycles. The largest absolute Gasteiger partial charge is 0.391 e. The van der Waals surface area contributed by atoms with Crippen LogP contribution in [0.1, 0.15) is 26.2 Å². The van der Waals surface area contributed by atoms with Gasteiger partial charge in [-0.05, 0) is 25.0 Å². The molecule has 0 fully saturated rings. The maximum Gasteiger partial charge on any atom is 0.0141 e. The van der Waals surface area contributed by atoms with Crippen LogP contribution in [-0.4, -0.2) is 11.9 Å². The highest BCUT2D eigenvalue weighted by atomic mass is 79.9. The third-order valence-electron chi connectivity index (χ3n) is 1.87. The fraction of sp³-hybridized carbons (Fsp3) is 0.778. The maximum atomic E-state index is 3.60. The van der Waals surface area contributed by atoms with E-state index in [0.717, 1.165) is 17.8 Å². The molecule has 0 saturated heterocycles. The molecule has 2 heteroatoms. The van der Waals surface area contributed by atoms with E-state index < -0.39 is 0 Å². The lowest BCUT2D eigenvalue weighted by Crippen LogP contribution is -2.09. The van der Waals surface area contributed by atoms with Gasteiger partial charge in [0, 0.05) is 11.9 Å². The second-order valence-electron chi connectivity index (χ2n) is 2.73. The molecule has 0 saturated carbocycles. The number of rotatable bonds is 7. The van der Waals surface area contributed by atoms with Gasteiger partial charge in [-0.15, -0.1) is 0 Å². The summed E-state index contributed by atoms with van der Waals surface area (Å²) in [5.41, 5.74) is 0. The highest BCUT2D eigenvalue weighted by Gasteiger charge is 2.02. The van der Waals surface area contributed by atoms with Crippen LogP contribution in [0.5, 0.6) is 0 Å². The third-order valence-corrected chi connectivity index (χ3v) is 2.79. The van der Waals surface area contributed by atoms with Gasteiger partial charge in [0.25, 0.3) is 0 Å². The molecule has 1 N–H and O–H groups in total. The first-order valence-electron chi connectivity index (χ1n) is 4.25. The Morgan fingerprint density at radius 1 is 1.64 bits per heavy atom. The van der Waals surface area contributed by atoms with E-state index >= 15 is 0 Å². The number of alkyl halides is 1. The molecule has 66 valence electrons. The van der Waals surface area contributed by atoms with E-state index in [1.165, 1.54) is 19.3 Å². The molecule has 0 aliphatic carbocycles. The summed E-state index contributed by atoms with van der Waals surface area (Å²) in [6.45, 7) is 6.90. The third kappa shape index (κ3) is 6.42. The summed E-state index contributed by atoms with van der Waals surface area (Å²) in [4.78, 5) is 0. The Morgan fingerprint density at radius 2 is 2.36 bits per heavy atom. The van der Waals surface area contributed by atoms with E-state index in [-0.39, 0.29) is 0 Å². The lowest BCUT2D eigenvalue weighted by molar-refractivity contribution is 0.502. The van der Waals surface area contributed by atoms with Gasteiger partial charge in [-0.3, -0.25) is 0 Å². The molecule has 0 aliphatic rings. The van der Waals surface area contributed by atoms with E-state index in [1.807, 2.05) is 0 Å². The summed E-state index contributed by atoms with van der Waals surface area (Å²) in [6, 6.07) is 0. The van der Waals surface area contributed by atoms with Gasteiger partial charge < -0.3 is 5.32 Å². The minimum atomic E-state index is 0.849. The number of hydrogen-bond acceptors (Lipinski definition) is 1. The van der Waals surface area contributed by atoms with Gasteiger partial charge in [0.2, 0.25) is 0 Å². The van der Waals surface area contributed by atoms with Crippen molar-refractivity contribution in [2.45, 2.75) is 26.2 Å². The average Bonchev–Trinajstić information content (AvgIpc) is 2.05. The molecule has 0 bridgehead atoms. The maximum absolute atomic E-state index is 3.60. The van der Waals surface area contributed by atoms with Crippen molar-refractivity contribution >= 4 is 15.9 Å². The van der Waals surface area contributed by atoms with Crippen molar-refractivity contribution in [3.63, 3.8) is 0 Å². The summed E-state index contributed by atoms with van der Waals surface area (Å²) in [5.74, 6) is 0.849. The minimum Gasteiger partial charge on any atom is -0.391 e. The first-order valence-corrected chi connectivity index (χ1v) is 5.37. The molecule has 1 unspecified atom stereocenters. The molecule has 0 radical (unpaired) electrons. The molecule has 1 nitrogen and oxygen atoms in total. The molecule has 1 atom stereocenters. The first-order chi connectivity index (χ1) is 5.35. The molecular weight excluding hydrogens is 202 g/mol. The zero-order valence-corrected chi connectivity index (χ0v) is 8.86. The summed E-state index contributed by atoms with van der Waals surface area (Å²) < 4.78 is 0. The molecular formula is C9H18BrN. The molecule has 0 aromatic heterocycles. The van der Waals surface area contributed by atoms with Crippen LogP contribution < -0.4 is 5.32 Å². The van der Waals surface area contributed by atoms with Crippen LogP contribution in [-0.2, 0) is 0 Å². The van der Waals surface area contributed by atoms with Gasteiger partial charge in [-0.25, -0.2) is 0 Å². The summed E-state index contributed by atoms with van der Waals surface area (Å²) in [6.07, 6.45) is 5.59. The van der Waals surface area contributed by atoms with Crippen LogP contribution in [0.25, 0.3) is 0 Å². The van der Waals surface area contributed by atoms with Crippen molar-refractivity contribution in [3.05, 3.63) is 12.8 Å². The smallest absolute Gasteiger partial charge is 0.0141 e. The van der Waals surface area contributed by atoms with Crippen LogP contribution in [0.15, 0.2) is 12.8 Å². The standard InChI is InChI=1S/C9H18BrN/c1-3-9(8-10)6-5-7-11-4-2/h4,9,11H,2-3,5-8H2,1H3. The first kappa shape index (κ1) is 11.0. The Bertz CT molecular complexity index is 89.6. The zero-order valence-electron chi connectivity index (χ0n) is 7.28. The van der Waals surface area contributed by atoms with Gasteiger partial charge in [0.1, 0.15) is 0 Å². The lowest BCUT2D eigenvalue weighted by Gasteiger charge is -2.10. The molecule has 0 spiro atoms. The monoisotopic (exact) mass is 219 g/mol. The normalized spacial score (nSPS) is 12.5. The van der Waals surface area contributed by atoms with Gasteiger partial charge in [-0.1, -0.05) is 35.9 Å². The second-order valence-corrected chi connectivity index (χ2v) is 3.38. The Labute approximate surface area is 78.4 Å². The number of halogens is 1. The lowest BCUT2D eigenvalue weighted by atomic mass is 10.0. The predicted octanol–water partition coefficient (Wildman–Crippen LogP) is 2.92. The Morgan fingerprint density at radius 3 is 2.82 bits per heavy atom. The van der Waals surface area contributed by atoms with E-state index in [9.17, 15) is 0 Å². The summed E-state index contributed by atoms with van der Waals surface area (Å²) in [5, 5.41) is 4.24. The van der Waals surface area contributed by atoms with Crippen molar-refractivity contribution in [3.8, 4) is 0 Å². The second kappa shape index (κ2) is 8.12. The molecule has 0 aromatic rings. The predicted molar refractivity (Wildman–Crippen MR) is 55.0 cm³/mol. The van der Waals surface area contributed by atoms with Gasteiger partial charge in [0.05, 0.1) is 0 Å². The molecule has 0 aliphatic heterocycles. The van der Waals surface area contributed by atoms with Crippen molar-refractivity contribution in [2.75, 3.05) is 11.9 Å². The van der Waals surface area contributed by atoms with Crippen LogP contribution in [0.2, 0.25) is 0 Å². The molecule has 0 heterocycles. The Balaban J connectivity index is 3.13. The van der Waals surface area contributed by atoms with Crippen LogP contribution in [0.3, 0.4) is 0 Å². The van der Waals surface area contributed by atoms with Crippen LogP contribution in [0, 0.1) is 5.92 Å². The van der Waals surface area contributed by atoms with Crippen molar-refractivity contribution in [2.24, 2.45) is 5.92 Å². The minimum absolute atomic E-state index is 0.849. The Kier molecular flexibility index (Phi) is 8.13. The molecule has 0 amide bonds. The quantitative estimate of drug-likeness (QED) is 0.513. The van der Waals surface area contributed by atoms with Crippen LogP contribution >= 0.6 is 15.9 Å². The Hall–Kier alpha value is 0.0200. The van der Waals surface area contributed by atoms with Crippen LogP contribution in [0.4, 0.5) is 0 Å². The number of hydrogen-bond donors (Lipinski definition) is 1. The SMILES string of the molecule is C=CNCCCC(CC)CBr. The molecule has 11 heavy (non-hydrogen) atoms. The highest BCUT2D eigenvalue weighted by Crippen LogP contribution is 2.12. The van der Waals surface area contributed by atoms with Crippen molar-refractivity contribution in [1.82, 2.24) is 5.32 Å². The van der Waals surface area contributed by atoms with Gasteiger partial charge >= 0.3 is 0 Å². The number of nitrogens with one attached hydrogen (secondary N) is 1. The van der Waals surface area contributed by atoms with E-state index in [2.05, 4.69) is 34.7 Å². The van der Waals surface area contributed by atoms with E-state index in [1.54, 1.807) is 6.20 Å². The van der Waals surface area contributed by atoms with Gasteiger partial charge in [-0.2, -0.15) is 0 Å². The average molecular weight is 220 g/mol. The fourth-order valence-corrected chi connectivity index (χ4v) is 1.77. The van der Waals surface area contributed by atoms with E-state index in [0.29, 0.717) is 0 Å². The topological polar surface area (TPSA) is 12.0 Å². The van der Waals surface area contributed by atoms with Crippen molar-refractivity contribution < 1.29 is 0 Å². The summed E-state index contributed by atoms with van der Waals surface area (Å²) >= 11 is 3.50. The molecule has 0 rings (SSSR count). The van der Waals surface area contributed by atoms with Gasteiger partial charge in [0.15, 0.2) is 0 Å².